The highest BCUT2D eigenvalue weighted by Gasteiger charge is 2.14. The number of likely N-dealkylation sites (N-methyl/N-ethyl adjacent to an activating group) is 1. The number of carbonyl (C=O) groups excluding carboxylic acids is 1. The van der Waals surface area contributed by atoms with Gasteiger partial charge in [-0.25, -0.2) is 14.2 Å². The molecule has 1 amide bonds. The van der Waals surface area contributed by atoms with Crippen LogP contribution in [0.3, 0.4) is 0 Å². The highest BCUT2D eigenvalue weighted by atomic mass is 32.2. The molecule has 2 N–H and O–H groups in total. The summed E-state index contributed by atoms with van der Waals surface area (Å²) in [5.74, 6) is 0.611. The third-order valence-electron chi connectivity index (χ3n) is 6.84. The number of carbonyl (C=O) groups is 1. The lowest BCUT2D eigenvalue weighted by atomic mass is 10.0. The first kappa shape index (κ1) is 30.1. The molecule has 0 saturated carbocycles. The first-order valence-electron chi connectivity index (χ1n) is 13.4. The molecule has 0 bridgehead atoms. The van der Waals surface area contributed by atoms with Crippen molar-refractivity contribution in [1.82, 2.24) is 24.8 Å². The van der Waals surface area contributed by atoms with Gasteiger partial charge in [0.05, 0.1) is 5.69 Å². The zero-order valence-corrected chi connectivity index (χ0v) is 24.5. The summed E-state index contributed by atoms with van der Waals surface area (Å²) in [7, 11) is 2.16. The summed E-state index contributed by atoms with van der Waals surface area (Å²) in [6.45, 7) is 7.33. The molecule has 1 saturated heterocycles. The quantitative estimate of drug-likeness (QED) is 0.316. The van der Waals surface area contributed by atoms with E-state index in [1.54, 1.807) is 18.6 Å². The van der Waals surface area contributed by atoms with E-state index in [4.69, 9.17) is 13.7 Å². The van der Waals surface area contributed by atoms with Gasteiger partial charge in [0, 0.05) is 80.8 Å². The van der Waals surface area contributed by atoms with Crippen molar-refractivity contribution < 1.29 is 13.6 Å². The zero-order chi connectivity index (χ0) is 29.2. The van der Waals surface area contributed by atoms with Crippen molar-refractivity contribution in [2.45, 2.75) is 19.9 Å². The van der Waals surface area contributed by atoms with Crippen LogP contribution in [-0.4, -0.2) is 78.9 Å². The molecule has 4 aromatic rings. The molecule has 2 aromatic carbocycles. The molecule has 0 aliphatic carbocycles. The fourth-order valence-electron chi connectivity index (χ4n) is 4.50. The Morgan fingerprint density at radius 2 is 1.76 bits per heavy atom. The van der Waals surface area contributed by atoms with Crippen molar-refractivity contribution in [3.8, 4) is 11.3 Å². The van der Waals surface area contributed by atoms with Gasteiger partial charge in [-0.1, -0.05) is 18.2 Å². The summed E-state index contributed by atoms with van der Waals surface area (Å²) >= 11 is -1.61. The first-order valence-corrected chi connectivity index (χ1v) is 14.9. The minimum Gasteiger partial charge on any atom is -0.322 e. The van der Waals surface area contributed by atoms with Gasteiger partial charge in [0.2, 0.25) is 0 Å². The van der Waals surface area contributed by atoms with Crippen LogP contribution in [0.4, 0.5) is 5.69 Å². The Kier molecular flexibility index (Phi) is 10.8. The summed E-state index contributed by atoms with van der Waals surface area (Å²) in [5.41, 5.74) is 6.64. The molecular formula is C31H36N6O3S. The van der Waals surface area contributed by atoms with E-state index in [9.17, 15) is 4.79 Å². The van der Waals surface area contributed by atoms with E-state index in [0.717, 1.165) is 66.6 Å². The topological polar surface area (TPSA) is 112 Å². The number of pyridine rings is 1. The Balaban J connectivity index is 0.000000909. The smallest absolute Gasteiger partial charge is 0.255 e. The van der Waals surface area contributed by atoms with Crippen LogP contribution in [0, 0.1) is 6.92 Å². The van der Waals surface area contributed by atoms with Gasteiger partial charge in [0.1, 0.15) is 16.9 Å². The lowest BCUT2D eigenvalue weighted by Crippen LogP contribution is -2.43. The molecular weight excluding hydrogens is 536 g/mol. The molecule has 0 spiro atoms. The van der Waals surface area contributed by atoms with E-state index < -0.39 is 11.1 Å². The molecule has 3 heterocycles. The Morgan fingerprint density at radius 3 is 2.44 bits per heavy atom. The fourth-order valence-corrected chi connectivity index (χ4v) is 4.50. The standard InChI is InChI=1S/C30H32N6O.CH4O2S/c1-22-5-10-27(18-26(22)19-29-32-13-11-28(34-29)25-4-3-12-31-20-25)33-30(37)24-8-6-23(7-9-24)21-36-16-14-35(2)15-17-36;1-4(2)3/h3-13,18,20H,14-17,19,21H2,1-2H3,(H,33,37);1H3,(H,2,3). The van der Waals surface area contributed by atoms with Gasteiger partial charge in [0.15, 0.2) is 0 Å². The number of aromatic nitrogens is 3. The van der Waals surface area contributed by atoms with E-state index >= 15 is 0 Å². The van der Waals surface area contributed by atoms with Crippen LogP contribution in [0.5, 0.6) is 0 Å². The average Bonchev–Trinajstić information content (AvgIpc) is 2.97. The van der Waals surface area contributed by atoms with E-state index in [0.29, 0.717) is 12.0 Å². The van der Waals surface area contributed by atoms with Crippen LogP contribution < -0.4 is 5.32 Å². The monoisotopic (exact) mass is 572 g/mol. The predicted octanol–water partition coefficient (Wildman–Crippen LogP) is 4.28. The summed E-state index contributed by atoms with van der Waals surface area (Å²) in [5, 5.41) is 3.05. The first-order chi connectivity index (χ1) is 19.8. The third-order valence-corrected chi connectivity index (χ3v) is 6.84. The second-order valence-electron chi connectivity index (χ2n) is 10.1. The molecule has 5 rings (SSSR count). The van der Waals surface area contributed by atoms with Crippen LogP contribution >= 0.6 is 0 Å². The van der Waals surface area contributed by atoms with Crippen LogP contribution in [0.1, 0.15) is 32.9 Å². The molecule has 1 fully saturated rings. The van der Waals surface area contributed by atoms with Crippen molar-refractivity contribution in [3.05, 3.63) is 107 Å². The number of benzene rings is 2. The molecule has 0 radical (unpaired) electrons. The zero-order valence-electron chi connectivity index (χ0n) is 23.7. The van der Waals surface area contributed by atoms with E-state index in [1.807, 2.05) is 48.5 Å². The molecule has 9 nitrogen and oxygen atoms in total. The minimum absolute atomic E-state index is 0.115. The Bertz CT molecular complexity index is 1450. The highest BCUT2D eigenvalue weighted by Crippen LogP contribution is 2.21. The maximum absolute atomic E-state index is 12.9. The normalized spacial score (nSPS) is 14.5. The van der Waals surface area contributed by atoms with Crippen LogP contribution in [-0.2, 0) is 24.0 Å². The number of anilines is 1. The summed E-state index contributed by atoms with van der Waals surface area (Å²) in [6.07, 6.45) is 7.09. The van der Waals surface area contributed by atoms with Crippen LogP contribution in [0.25, 0.3) is 11.3 Å². The van der Waals surface area contributed by atoms with Gasteiger partial charge in [-0.2, -0.15) is 0 Å². The highest BCUT2D eigenvalue weighted by molar-refractivity contribution is 7.78. The fraction of sp³-hybridized carbons (Fsp3) is 0.290. The lowest BCUT2D eigenvalue weighted by molar-refractivity contribution is 0.102. The van der Waals surface area contributed by atoms with Crippen LogP contribution in [0.2, 0.25) is 0 Å². The maximum atomic E-state index is 12.9. The SMILES string of the molecule is CS(=O)O.Cc1ccc(NC(=O)c2ccc(CN3CCN(C)CC3)cc2)cc1Cc1nccc(-c2cccnc2)n1. The van der Waals surface area contributed by atoms with E-state index in [2.05, 4.69) is 51.2 Å². The van der Waals surface area contributed by atoms with Gasteiger partial charge in [-0.3, -0.25) is 14.7 Å². The number of piperazine rings is 1. The molecule has 41 heavy (non-hydrogen) atoms. The number of hydrogen-bond acceptors (Lipinski definition) is 7. The van der Waals surface area contributed by atoms with Crippen molar-refractivity contribution in [1.29, 1.82) is 0 Å². The number of hydrogen-bond donors (Lipinski definition) is 2. The number of rotatable bonds is 7. The van der Waals surface area contributed by atoms with Gasteiger partial charge in [0.25, 0.3) is 5.91 Å². The van der Waals surface area contributed by atoms with E-state index in [1.165, 1.54) is 11.8 Å². The number of nitrogens with one attached hydrogen (secondary N) is 1. The largest absolute Gasteiger partial charge is 0.322 e. The summed E-state index contributed by atoms with van der Waals surface area (Å²) in [4.78, 5) is 31.1. The summed E-state index contributed by atoms with van der Waals surface area (Å²) in [6, 6.07) is 19.7. The number of aryl methyl sites for hydroxylation is 1. The molecule has 1 aliphatic heterocycles. The minimum atomic E-state index is -1.61. The van der Waals surface area contributed by atoms with Crippen molar-refractivity contribution in [3.63, 3.8) is 0 Å². The molecule has 214 valence electrons. The third kappa shape index (κ3) is 9.36. The summed E-state index contributed by atoms with van der Waals surface area (Å²) < 4.78 is 16.6. The Morgan fingerprint density at radius 1 is 1.02 bits per heavy atom. The van der Waals surface area contributed by atoms with E-state index in [-0.39, 0.29) is 5.91 Å². The van der Waals surface area contributed by atoms with Crippen LogP contribution in [0.15, 0.2) is 79.3 Å². The number of amides is 1. The Labute approximate surface area is 244 Å². The van der Waals surface area contributed by atoms with Crippen molar-refractivity contribution in [2.24, 2.45) is 0 Å². The van der Waals surface area contributed by atoms with Crippen molar-refractivity contribution >= 4 is 22.7 Å². The molecule has 2 aromatic heterocycles. The Hall–Kier alpha value is -3.83. The van der Waals surface area contributed by atoms with Gasteiger partial charge in [-0.15, -0.1) is 0 Å². The molecule has 1 atom stereocenters. The van der Waals surface area contributed by atoms with Crippen molar-refractivity contribution in [2.75, 3.05) is 44.8 Å². The predicted molar refractivity (Wildman–Crippen MR) is 163 cm³/mol. The average molecular weight is 573 g/mol. The number of nitrogens with zero attached hydrogens (tertiary/aromatic N) is 5. The maximum Gasteiger partial charge on any atom is 0.255 e. The second kappa shape index (κ2) is 14.7. The molecule has 1 unspecified atom stereocenters. The lowest BCUT2D eigenvalue weighted by Gasteiger charge is -2.32. The van der Waals surface area contributed by atoms with Gasteiger partial charge >= 0.3 is 0 Å². The van der Waals surface area contributed by atoms with Gasteiger partial charge in [-0.05, 0) is 73.1 Å². The molecule has 10 heteroatoms. The molecule has 1 aliphatic rings. The second-order valence-corrected chi connectivity index (χ2v) is 10.9. The van der Waals surface area contributed by atoms with Gasteiger partial charge < -0.3 is 14.8 Å².